The molecule has 1 saturated heterocycles. The van der Waals surface area contributed by atoms with Gasteiger partial charge in [0, 0.05) is 44.4 Å². The number of hydrogen-bond donors (Lipinski definition) is 6. The number of aryl methyl sites for hydroxylation is 1. The van der Waals surface area contributed by atoms with E-state index in [0.717, 1.165) is 20.3 Å². The Morgan fingerprint density at radius 2 is 1.59 bits per heavy atom. The van der Waals surface area contributed by atoms with Gasteiger partial charge < -0.3 is 54.5 Å². The molecule has 1 fully saturated rings. The highest BCUT2D eigenvalue weighted by atomic mass is 35.5. The van der Waals surface area contributed by atoms with Crippen LogP contribution in [0.5, 0.6) is 11.5 Å². The molecule has 0 spiro atoms. The van der Waals surface area contributed by atoms with Gasteiger partial charge in [0.1, 0.15) is 46.1 Å². The molecule has 1 heterocycles. The van der Waals surface area contributed by atoms with Crippen LogP contribution in [0.15, 0.2) is 22.9 Å². The second-order valence-corrected chi connectivity index (χ2v) is 13.1. The van der Waals surface area contributed by atoms with E-state index < -0.39 is 139 Å². The molecule has 0 unspecified atom stereocenters. The number of aromatic hydroxyl groups is 2. The van der Waals surface area contributed by atoms with Crippen molar-refractivity contribution in [2.75, 3.05) is 28.4 Å². The lowest BCUT2D eigenvalue weighted by Crippen LogP contribution is -2.73. The van der Waals surface area contributed by atoms with Gasteiger partial charge in [-0.1, -0.05) is 17.7 Å². The minimum Gasteiger partial charge on any atom is -0.507 e. The summed E-state index contributed by atoms with van der Waals surface area (Å²) < 4.78 is 26.8. The van der Waals surface area contributed by atoms with E-state index in [4.69, 9.17) is 35.3 Å². The van der Waals surface area contributed by atoms with Gasteiger partial charge in [0.2, 0.25) is 23.1 Å². The molecule has 3 aliphatic carbocycles. The number of esters is 1. The molecule has 0 amide bonds. The Hall–Kier alpha value is -4.26. The molecular formula is C34H34ClNO15. The summed E-state index contributed by atoms with van der Waals surface area (Å²) in [6.45, 7) is 3.02. The maximum Gasteiger partial charge on any atom is 0.341 e. The highest BCUT2D eigenvalue weighted by molar-refractivity contribution is 6.50. The Balaban J connectivity index is 1.54. The maximum absolute atomic E-state index is 14.6. The summed E-state index contributed by atoms with van der Waals surface area (Å²) in [5, 5.41) is 59.6. The van der Waals surface area contributed by atoms with Gasteiger partial charge in [0.25, 0.3) is 0 Å². The van der Waals surface area contributed by atoms with Crippen molar-refractivity contribution in [1.29, 1.82) is 0 Å². The summed E-state index contributed by atoms with van der Waals surface area (Å²) in [6.07, 6.45) is -7.73. The standard InChI is InChI=1S/C34H34ClNO15/c1-10-7-12-8-15(37)34(50-6)30(44)18-14(29(43)33(34,46)19(12)24(40)16(10)32(45)49-5)9-13-17(23(18)39)25(41)20(35)21(22(13)38)36-31-28(48-4)26(42)27(47-3)11(2)51-31/h7,9,11,15,26-28,31,36-37,39-40,42,46H,8H2,1-6H3/t11-,15+,26+,27-,28+,31-,33-,34+/m0/s1. The normalized spacial score (nSPS) is 31.5. The summed E-state index contributed by atoms with van der Waals surface area (Å²) in [5.74, 6) is -8.16. The molecule has 51 heavy (non-hydrogen) atoms. The summed E-state index contributed by atoms with van der Waals surface area (Å²) in [5.41, 5.74) is -10.7. The molecule has 6 rings (SSSR count). The summed E-state index contributed by atoms with van der Waals surface area (Å²) in [4.78, 5) is 69.6. The summed E-state index contributed by atoms with van der Waals surface area (Å²) >= 11 is 6.39. The zero-order chi connectivity index (χ0) is 37.6. The molecule has 8 atom stereocenters. The molecule has 0 aromatic heterocycles. The van der Waals surface area contributed by atoms with E-state index in [9.17, 15) is 49.5 Å². The average molecular weight is 732 g/mol. The van der Waals surface area contributed by atoms with Crippen LogP contribution >= 0.6 is 11.6 Å². The number of aliphatic hydroxyl groups excluding tert-OH is 2. The lowest BCUT2D eigenvalue weighted by Gasteiger charge is -2.52. The zero-order valence-corrected chi connectivity index (χ0v) is 28.8. The molecular weight excluding hydrogens is 698 g/mol. The fourth-order valence-electron chi connectivity index (χ4n) is 7.88. The van der Waals surface area contributed by atoms with E-state index in [1.807, 2.05) is 0 Å². The molecule has 4 aliphatic rings. The minimum absolute atomic E-state index is 0.0214. The number of fused-ring (bicyclic) bond motifs is 5. The van der Waals surface area contributed by atoms with Crippen molar-refractivity contribution in [2.24, 2.45) is 0 Å². The topological polar surface area (TPSA) is 245 Å². The van der Waals surface area contributed by atoms with Gasteiger partial charge in [-0.15, -0.1) is 0 Å². The predicted molar refractivity (Wildman–Crippen MR) is 171 cm³/mol. The maximum atomic E-state index is 14.6. The quantitative estimate of drug-likeness (QED) is 0.219. The van der Waals surface area contributed by atoms with E-state index >= 15 is 0 Å². The Bertz CT molecular complexity index is 1970. The first-order valence-electron chi connectivity index (χ1n) is 15.5. The zero-order valence-electron chi connectivity index (χ0n) is 28.0. The third-order valence-corrected chi connectivity index (χ3v) is 10.6. The molecule has 0 bridgehead atoms. The lowest BCUT2D eigenvalue weighted by atomic mass is 9.56. The first kappa shape index (κ1) is 36.5. The van der Waals surface area contributed by atoms with Crippen LogP contribution in [0.25, 0.3) is 0 Å². The first-order valence-corrected chi connectivity index (χ1v) is 15.9. The highest BCUT2D eigenvalue weighted by Crippen LogP contribution is 2.56. The number of carbonyl (C=O) groups is 5. The van der Waals surface area contributed by atoms with Gasteiger partial charge in [-0.05, 0) is 31.0 Å². The number of hydrogen-bond acceptors (Lipinski definition) is 16. The number of Topliss-reactive ketones (excluding diaryl/α,β-unsaturated/α-hetero) is 4. The third-order valence-electron chi connectivity index (χ3n) is 10.3. The van der Waals surface area contributed by atoms with Crippen LogP contribution in [0.3, 0.4) is 0 Å². The van der Waals surface area contributed by atoms with Crippen molar-refractivity contribution in [3.8, 4) is 11.5 Å². The molecule has 272 valence electrons. The number of nitrogens with one attached hydrogen (secondary N) is 1. The minimum atomic E-state index is -3.26. The molecule has 2 aromatic carbocycles. The largest absolute Gasteiger partial charge is 0.507 e. The fraction of sp³-hybridized carbons (Fsp3) is 0.441. The number of ketones is 4. The fourth-order valence-corrected chi connectivity index (χ4v) is 8.12. The van der Waals surface area contributed by atoms with Crippen molar-refractivity contribution in [3.05, 3.63) is 67.4 Å². The second kappa shape index (κ2) is 12.5. The van der Waals surface area contributed by atoms with Gasteiger partial charge in [-0.2, -0.15) is 0 Å². The van der Waals surface area contributed by atoms with Crippen LogP contribution in [-0.2, 0) is 35.7 Å². The van der Waals surface area contributed by atoms with E-state index in [1.165, 1.54) is 27.2 Å². The Labute approximate surface area is 294 Å². The van der Waals surface area contributed by atoms with Gasteiger partial charge >= 0.3 is 5.97 Å². The van der Waals surface area contributed by atoms with E-state index in [2.05, 4.69) is 5.32 Å². The van der Waals surface area contributed by atoms with Crippen molar-refractivity contribution >= 4 is 40.7 Å². The number of rotatable bonds is 6. The molecule has 6 N–H and O–H groups in total. The molecule has 17 heteroatoms. The average Bonchev–Trinajstić information content (AvgIpc) is 3.07. The SMILES string of the molecule is COC(=O)c1c(C)cc2c(c1O)[C@]1(O)C(=O)c3cc4c(c(O)c3C(=O)[C@]1(OC)[C@H](O)C2)C(=O)C(Cl)=C(N[C@H]1O[C@@H](C)[C@H](OC)[C@@H](O)[C@H]1OC)C4=O. The monoisotopic (exact) mass is 731 g/mol. The number of benzene rings is 2. The Kier molecular flexibility index (Phi) is 8.92. The summed E-state index contributed by atoms with van der Waals surface area (Å²) in [6, 6.07) is 2.12. The summed E-state index contributed by atoms with van der Waals surface area (Å²) in [7, 11) is 4.55. The molecule has 0 saturated carbocycles. The molecule has 0 radical (unpaired) electrons. The Morgan fingerprint density at radius 1 is 0.941 bits per heavy atom. The molecule has 16 nitrogen and oxygen atoms in total. The van der Waals surface area contributed by atoms with Crippen LogP contribution in [-0.4, -0.2) is 125 Å². The third kappa shape index (κ3) is 4.61. The number of aliphatic hydroxyl groups is 3. The smallest absolute Gasteiger partial charge is 0.341 e. The molecule has 2 aromatic rings. The van der Waals surface area contributed by atoms with Gasteiger partial charge in [0.15, 0.2) is 17.4 Å². The number of halogens is 1. The van der Waals surface area contributed by atoms with Crippen LogP contribution < -0.4 is 5.32 Å². The number of ether oxygens (including phenoxy) is 5. The Morgan fingerprint density at radius 3 is 2.18 bits per heavy atom. The van der Waals surface area contributed by atoms with Crippen molar-refractivity contribution in [3.63, 3.8) is 0 Å². The van der Waals surface area contributed by atoms with E-state index in [-0.39, 0.29) is 11.1 Å². The number of phenols is 2. The van der Waals surface area contributed by atoms with Gasteiger partial charge in [0.05, 0.1) is 30.4 Å². The highest BCUT2D eigenvalue weighted by Gasteiger charge is 2.72. The number of phenolic OH excluding ortho intramolecular Hbond substituents is 2. The van der Waals surface area contributed by atoms with Crippen molar-refractivity contribution < 1.29 is 73.2 Å². The molecule has 1 aliphatic heterocycles. The van der Waals surface area contributed by atoms with Crippen LogP contribution in [0.1, 0.15) is 75.4 Å². The number of methoxy groups -OCH3 is 4. The van der Waals surface area contributed by atoms with Crippen molar-refractivity contribution in [2.45, 2.75) is 68.2 Å². The number of allylic oxidation sites excluding steroid dienone is 2. The lowest BCUT2D eigenvalue weighted by molar-refractivity contribution is -0.236. The van der Waals surface area contributed by atoms with Crippen LogP contribution in [0.4, 0.5) is 0 Å². The van der Waals surface area contributed by atoms with Gasteiger partial charge in [-0.25, -0.2) is 4.79 Å². The van der Waals surface area contributed by atoms with Crippen LogP contribution in [0.2, 0.25) is 0 Å². The van der Waals surface area contributed by atoms with Crippen LogP contribution in [0, 0.1) is 6.92 Å². The second-order valence-electron chi connectivity index (χ2n) is 12.7. The van der Waals surface area contributed by atoms with E-state index in [0.29, 0.717) is 0 Å². The first-order chi connectivity index (χ1) is 24.0. The number of carbonyl (C=O) groups excluding carboxylic acids is 5. The van der Waals surface area contributed by atoms with Gasteiger partial charge in [-0.3, -0.25) is 19.2 Å². The predicted octanol–water partition coefficient (Wildman–Crippen LogP) is 0.317. The van der Waals surface area contributed by atoms with Crippen molar-refractivity contribution in [1.82, 2.24) is 5.32 Å². The van der Waals surface area contributed by atoms with E-state index in [1.54, 1.807) is 6.92 Å².